The Kier molecular flexibility index (Phi) is 4.16. The third-order valence-electron chi connectivity index (χ3n) is 3.34. The molecular formula is C14H18N2O3. The standard InChI is InChI=1S/C14H18N2O3/c1-9-7-10(14(18)19)4-5-12(9)16-13(17)8-11-3-2-6-15-11/h4-5,7,11,15H,2-3,6,8H2,1H3,(H,16,17)(H,18,19). The topological polar surface area (TPSA) is 78.4 Å². The molecule has 3 N–H and O–H groups in total. The normalized spacial score (nSPS) is 18.3. The molecule has 0 aromatic heterocycles. The van der Waals surface area contributed by atoms with Gasteiger partial charge in [-0.25, -0.2) is 4.79 Å². The van der Waals surface area contributed by atoms with E-state index in [1.165, 1.54) is 6.07 Å². The number of aromatic carboxylic acids is 1. The first-order valence-electron chi connectivity index (χ1n) is 6.43. The number of benzene rings is 1. The summed E-state index contributed by atoms with van der Waals surface area (Å²) in [6, 6.07) is 4.96. The molecule has 0 radical (unpaired) electrons. The fourth-order valence-electron chi connectivity index (χ4n) is 2.29. The average Bonchev–Trinajstić information content (AvgIpc) is 2.84. The van der Waals surface area contributed by atoms with Crippen LogP contribution in [-0.2, 0) is 4.79 Å². The number of hydrogen-bond acceptors (Lipinski definition) is 3. The maximum atomic E-state index is 11.9. The number of amides is 1. The third-order valence-corrected chi connectivity index (χ3v) is 3.34. The second-order valence-electron chi connectivity index (χ2n) is 4.88. The minimum atomic E-state index is -0.962. The Balaban J connectivity index is 1.98. The van der Waals surface area contributed by atoms with Gasteiger partial charge in [0.2, 0.25) is 5.91 Å². The summed E-state index contributed by atoms with van der Waals surface area (Å²) in [6.07, 6.45) is 2.61. The average molecular weight is 262 g/mol. The van der Waals surface area contributed by atoms with Crippen molar-refractivity contribution in [2.24, 2.45) is 0 Å². The molecule has 1 heterocycles. The van der Waals surface area contributed by atoms with Crippen LogP contribution in [0.3, 0.4) is 0 Å². The van der Waals surface area contributed by atoms with Crippen molar-refractivity contribution in [1.29, 1.82) is 0 Å². The lowest BCUT2D eigenvalue weighted by Gasteiger charge is -2.12. The highest BCUT2D eigenvalue weighted by Crippen LogP contribution is 2.18. The molecule has 1 fully saturated rings. The summed E-state index contributed by atoms with van der Waals surface area (Å²) >= 11 is 0. The quantitative estimate of drug-likeness (QED) is 0.772. The van der Waals surface area contributed by atoms with E-state index in [-0.39, 0.29) is 17.5 Å². The van der Waals surface area contributed by atoms with E-state index in [0.29, 0.717) is 12.1 Å². The Morgan fingerprint density at radius 1 is 1.47 bits per heavy atom. The number of nitrogens with one attached hydrogen (secondary N) is 2. The first kappa shape index (κ1) is 13.5. The molecule has 1 saturated heterocycles. The molecule has 5 heteroatoms. The summed E-state index contributed by atoms with van der Waals surface area (Å²) in [6.45, 7) is 2.76. The smallest absolute Gasteiger partial charge is 0.335 e. The fourth-order valence-corrected chi connectivity index (χ4v) is 2.29. The van der Waals surface area contributed by atoms with Crippen LogP contribution in [0.5, 0.6) is 0 Å². The monoisotopic (exact) mass is 262 g/mol. The summed E-state index contributed by atoms with van der Waals surface area (Å²) in [7, 11) is 0. The molecule has 1 amide bonds. The Morgan fingerprint density at radius 2 is 2.26 bits per heavy atom. The number of carboxylic acid groups (broad SMARTS) is 1. The van der Waals surface area contributed by atoms with Gasteiger partial charge in [0.15, 0.2) is 0 Å². The van der Waals surface area contributed by atoms with E-state index in [4.69, 9.17) is 5.11 Å². The summed E-state index contributed by atoms with van der Waals surface area (Å²) in [4.78, 5) is 22.7. The summed E-state index contributed by atoms with van der Waals surface area (Å²) in [5.41, 5.74) is 1.66. The molecule has 1 aromatic rings. The SMILES string of the molecule is Cc1cc(C(=O)O)ccc1NC(=O)CC1CCCN1. The molecule has 1 aliphatic heterocycles. The van der Waals surface area contributed by atoms with Gasteiger partial charge in [-0.15, -0.1) is 0 Å². The predicted molar refractivity (Wildman–Crippen MR) is 72.4 cm³/mol. The van der Waals surface area contributed by atoms with Gasteiger partial charge >= 0.3 is 5.97 Å². The van der Waals surface area contributed by atoms with Gasteiger partial charge in [-0.3, -0.25) is 4.79 Å². The second-order valence-corrected chi connectivity index (χ2v) is 4.88. The lowest BCUT2D eigenvalue weighted by molar-refractivity contribution is -0.116. The number of carboxylic acids is 1. The Bertz CT molecular complexity index is 493. The highest BCUT2D eigenvalue weighted by molar-refractivity contribution is 5.93. The van der Waals surface area contributed by atoms with Crippen LogP contribution in [0.4, 0.5) is 5.69 Å². The van der Waals surface area contributed by atoms with Crippen molar-refractivity contribution in [1.82, 2.24) is 5.32 Å². The molecular weight excluding hydrogens is 244 g/mol. The van der Waals surface area contributed by atoms with Crippen LogP contribution in [0.1, 0.15) is 35.2 Å². The molecule has 1 atom stereocenters. The number of carbonyl (C=O) groups is 2. The van der Waals surface area contributed by atoms with Crippen molar-refractivity contribution in [3.05, 3.63) is 29.3 Å². The minimum Gasteiger partial charge on any atom is -0.478 e. The van der Waals surface area contributed by atoms with Crippen LogP contribution < -0.4 is 10.6 Å². The molecule has 1 aliphatic rings. The third kappa shape index (κ3) is 3.54. The number of aryl methyl sites for hydroxylation is 1. The number of hydrogen-bond donors (Lipinski definition) is 3. The molecule has 0 saturated carbocycles. The van der Waals surface area contributed by atoms with Crippen molar-refractivity contribution < 1.29 is 14.7 Å². The molecule has 0 aliphatic carbocycles. The van der Waals surface area contributed by atoms with Gasteiger partial charge < -0.3 is 15.7 Å². The zero-order valence-electron chi connectivity index (χ0n) is 10.9. The molecule has 1 unspecified atom stereocenters. The highest BCUT2D eigenvalue weighted by Gasteiger charge is 2.18. The molecule has 102 valence electrons. The lowest BCUT2D eigenvalue weighted by Crippen LogP contribution is -2.27. The Hall–Kier alpha value is -1.88. The van der Waals surface area contributed by atoms with Crippen LogP contribution in [0, 0.1) is 6.92 Å². The fraction of sp³-hybridized carbons (Fsp3) is 0.429. The van der Waals surface area contributed by atoms with E-state index in [0.717, 1.165) is 24.9 Å². The van der Waals surface area contributed by atoms with E-state index in [9.17, 15) is 9.59 Å². The van der Waals surface area contributed by atoms with E-state index < -0.39 is 5.97 Å². The summed E-state index contributed by atoms with van der Waals surface area (Å²) in [5, 5.41) is 15.0. The minimum absolute atomic E-state index is 0.0365. The predicted octanol–water partition coefficient (Wildman–Crippen LogP) is 1.77. The van der Waals surface area contributed by atoms with Crippen molar-refractivity contribution in [3.8, 4) is 0 Å². The van der Waals surface area contributed by atoms with Gasteiger partial charge in [-0.2, -0.15) is 0 Å². The van der Waals surface area contributed by atoms with E-state index in [1.807, 2.05) is 0 Å². The first-order valence-corrected chi connectivity index (χ1v) is 6.43. The Morgan fingerprint density at radius 3 is 2.84 bits per heavy atom. The molecule has 19 heavy (non-hydrogen) atoms. The molecule has 0 bridgehead atoms. The van der Waals surface area contributed by atoms with E-state index in [1.54, 1.807) is 19.1 Å². The molecule has 2 rings (SSSR count). The van der Waals surface area contributed by atoms with Crippen LogP contribution in [0.2, 0.25) is 0 Å². The van der Waals surface area contributed by atoms with Crippen molar-refractivity contribution in [3.63, 3.8) is 0 Å². The largest absolute Gasteiger partial charge is 0.478 e. The summed E-state index contributed by atoms with van der Waals surface area (Å²) in [5.74, 6) is -0.998. The van der Waals surface area contributed by atoms with Crippen molar-refractivity contribution in [2.45, 2.75) is 32.2 Å². The van der Waals surface area contributed by atoms with Gasteiger partial charge in [-0.1, -0.05) is 0 Å². The van der Waals surface area contributed by atoms with Gasteiger partial charge in [0.05, 0.1) is 5.56 Å². The van der Waals surface area contributed by atoms with Crippen LogP contribution in [0.25, 0.3) is 0 Å². The first-order chi connectivity index (χ1) is 9.06. The zero-order valence-corrected chi connectivity index (χ0v) is 10.9. The van der Waals surface area contributed by atoms with Crippen LogP contribution in [0.15, 0.2) is 18.2 Å². The van der Waals surface area contributed by atoms with Gasteiger partial charge in [0.1, 0.15) is 0 Å². The lowest BCUT2D eigenvalue weighted by atomic mass is 10.1. The Labute approximate surface area is 112 Å². The van der Waals surface area contributed by atoms with Crippen molar-refractivity contribution >= 4 is 17.6 Å². The van der Waals surface area contributed by atoms with Gasteiger partial charge in [0, 0.05) is 18.2 Å². The second kappa shape index (κ2) is 5.84. The van der Waals surface area contributed by atoms with E-state index in [2.05, 4.69) is 10.6 Å². The molecule has 0 spiro atoms. The van der Waals surface area contributed by atoms with Gasteiger partial charge in [-0.05, 0) is 50.1 Å². The molecule has 1 aromatic carbocycles. The van der Waals surface area contributed by atoms with Crippen molar-refractivity contribution in [2.75, 3.05) is 11.9 Å². The van der Waals surface area contributed by atoms with Crippen LogP contribution in [-0.4, -0.2) is 29.6 Å². The number of anilines is 1. The summed E-state index contributed by atoms with van der Waals surface area (Å²) < 4.78 is 0. The number of rotatable bonds is 4. The maximum absolute atomic E-state index is 11.9. The maximum Gasteiger partial charge on any atom is 0.335 e. The molecule has 5 nitrogen and oxygen atoms in total. The zero-order chi connectivity index (χ0) is 13.8. The van der Waals surface area contributed by atoms with E-state index >= 15 is 0 Å². The van der Waals surface area contributed by atoms with Crippen LogP contribution >= 0.6 is 0 Å². The highest BCUT2D eigenvalue weighted by atomic mass is 16.4. The number of carbonyl (C=O) groups excluding carboxylic acids is 1. The van der Waals surface area contributed by atoms with Gasteiger partial charge in [0.25, 0.3) is 0 Å².